The third-order valence-electron chi connectivity index (χ3n) is 5.71. The Morgan fingerprint density at radius 1 is 1.15 bits per heavy atom. The maximum atomic E-state index is 12.6. The number of carbonyl (C=O) groups excluding carboxylic acids is 1. The van der Waals surface area contributed by atoms with Crippen LogP contribution in [0.25, 0.3) is 22.8 Å². The Labute approximate surface area is 195 Å². The fourth-order valence-electron chi connectivity index (χ4n) is 3.98. The molecule has 0 atom stereocenters. The zero-order valence-corrected chi connectivity index (χ0v) is 18.5. The van der Waals surface area contributed by atoms with E-state index in [9.17, 15) is 4.79 Å². The number of aromatic nitrogens is 3. The van der Waals surface area contributed by atoms with Crippen LogP contribution in [-0.2, 0) is 11.3 Å². The quantitative estimate of drug-likeness (QED) is 0.447. The second kappa shape index (κ2) is 9.46. The van der Waals surface area contributed by atoms with Gasteiger partial charge in [0.15, 0.2) is 0 Å². The summed E-state index contributed by atoms with van der Waals surface area (Å²) in [5, 5.41) is 7.68. The SMILES string of the molecule is O=C(NCc1ccco1)C1CCN(c2ncccc2-c2nc(-c3cccc(Cl)c3)no2)CC1. The van der Waals surface area contributed by atoms with Gasteiger partial charge in [-0.3, -0.25) is 4.79 Å². The van der Waals surface area contributed by atoms with E-state index in [1.54, 1.807) is 24.6 Å². The van der Waals surface area contributed by atoms with Crippen LogP contribution in [0.2, 0.25) is 5.02 Å². The van der Waals surface area contributed by atoms with Crippen molar-refractivity contribution < 1.29 is 13.7 Å². The smallest absolute Gasteiger partial charge is 0.261 e. The molecular formula is C24H22ClN5O3. The van der Waals surface area contributed by atoms with Crippen LogP contribution in [0.4, 0.5) is 5.82 Å². The highest BCUT2D eigenvalue weighted by Crippen LogP contribution is 2.32. The van der Waals surface area contributed by atoms with Crippen LogP contribution in [0, 0.1) is 5.92 Å². The molecule has 1 aliphatic rings. The number of furan rings is 1. The molecule has 8 nitrogen and oxygen atoms in total. The molecule has 1 N–H and O–H groups in total. The monoisotopic (exact) mass is 463 g/mol. The van der Waals surface area contributed by atoms with E-state index in [1.165, 1.54) is 0 Å². The number of carbonyl (C=O) groups is 1. The van der Waals surface area contributed by atoms with Crippen molar-refractivity contribution >= 4 is 23.3 Å². The molecule has 0 bridgehead atoms. The Balaban J connectivity index is 1.27. The minimum atomic E-state index is -0.0405. The molecule has 1 aliphatic heterocycles. The highest BCUT2D eigenvalue weighted by atomic mass is 35.5. The standard InChI is InChI=1S/C24H22ClN5O3/c25-18-5-1-4-17(14-18)21-28-24(33-29-21)20-7-2-10-26-22(20)30-11-8-16(9-12-30)23(31)27-15-19-6-3-13-32-19/h1-7,10,13-14,16H,8-9,11-12,15H2,(H,27,31). The van der Waals surface area contributed by atoms with Gasteiger partial charge in [-0.2, -0.15) is 4.98 Å². The van der Waals surface area contributed by atoms with E-state index in [0.717, 1.165) is 35.5 Å². The Morgan fingerprint density at radius 3 is 2.82 bits per heavy atom. The van der Waals surface area contributed by atoms with E-state index >= 15 is 0 Å². The number of nitrogens with one attached hydrogen (secondary N) is 1. The van der Waals surface area contributed by atoms with Crippen LogP contribution >= 0.6 is 11.6 Å². The largest absolute Gasteiger partial charge is 0.467 e. The van der Waals surface area contributed by atoms with Crippen molar-refractivity contribution in [3.8, 4) is 22.8 Å². The summed E-state index contributed by atoms with van der Waals surface area (Å²) in [6.07, 6.45) is 4.82. The molecule has 0 unspecified atom stereocenters. The zero-order chi connectivity index (χ0) is 22.6. The fourth-order valence-corrected chi connectivity index (χ4v) is 4.17. The van der Waals surface area contributed by atoms with Gasteiger partial charge in [-0.25, -0.2) is 4.98 Å². The first-order valence-corrected chi connectivity index (χ1v) is 11.2. The molecule has 1 fully saturated rings. The van der Waals surface area contributed by atoms with Gasteiger partial charge in [0.05, 0.1) is 18.4 Å². The number of nitrogens with zero attached hydrogens (tertiary/aromatic N) is 4. The van der Waals surface area contributed by atoms with Gasteiger partial charge in [0.25, 0.3) is 5.89 Å². The first kappa shape index (κ1) is 21.2. The summed E-state index contributed by atoms with van der Waals surface area (Å²) >= 11 is 6.09. The molecule has 9 heteroatoms. The minimum absolute atomic E-state index is 0.0405. The van der Waals surface area contributed by atoms with E-state index < -0.39 is 0 Å². The molecule has 4 heterocycles. The Hall–Kier alpha value is -3.65. The number of amides is 1. The van der Waals surface area contributed by atoms with Gasteiger partial charge in [-0.15, -0.1) is 0 Å². The van der Waals surface area contributed by atoms with E-state index in [4.69, 9.17) is 20.5 Å². The molecule has 33 heavy (non-hydrogen) atoms. The summed E-state index contributed by atoms with van der Waals surface area (Å²) < 4.78 is 10.8. The number of piperidine rings is 1. The number of pyridine rings is 1. The van der Waals surface area contributed by atoms with Gasteiger partial charge in [-0.1, -0.05) is 28.9 Å². The second-order valence-electron chi connectivity index (χ2n) is 7.87. The van der Waals surface area contributed by atoms with Crippen molar-refractivity contribution in [1.82, 2.24) is 20.4 Å². The second-order valence-corrected chi connectivity index (χ2v) is 8.30. The number of rotatable bonds is 6. The Morgan fingerprint density at radius 2 is 2.03 bits per heavy atom. The van der Waals surface area contributed by atoms with Crippen molar-refractivity contribution in [2.24, 2.45) is 5.92 Å². The lowest BCUT2D eigenvalue weighted by molar-refractivity contribution is -0.125. The summed E-state index contributed by atoms with van der Waals surface area (Å²) in [5.74, 6) is 2.39. The van der Waals surface area contributed by atoms with Crippen LogP contribution in [0.5, 0.6) is 0 Å². The van der Waals surface area contributed by atoms with Crippen LogP contribution in [0.15, 0.2) is 69.9 Å². The molecule has 0 spiro atoms. The Bertz CT molecular complexity index is 1230. The van der Waals surface area contributed by atoms with Gasteiger partial charge < -0.3 is 19.2 Å². The predicted molar refractivity (Wildman–Crippen MR) is 123 cm³/mol. The molecule has 168 valence electrons. The lowest BCUT2D eigenvalue weighted by atomic mass is 9.95. The van der Waals surface area contributed by atoms with Gasteiger partial charge in [0.2, 0.25) is 11.7 Å². The average Bonchev–Trinajstić information content (AvgIpc) is 3.55. The van der Waals surface area contributed by atoms with Gasteiger partial charge in [-0.05, 0) is 49.2 Å². The normalized spacial score (nSPS) is 14.4. The van der Waals surface area contributed by atoms with Crippen LogP contribution in [0.1, 0.15) is 18.6 Å². The van der Waals surface area contributed by atoms with Gasteiger partial charge in [0.1, 0.15) is 11.6 Å². The van der Waals surface area contributed by atoms with Crippen molar-refractivity contribution in [3.63, 3.8) is 0 Å². The van der Waals surface area contributed by atoms with Gasteiger partial charge >= 0.3 is 0 Å². The maximum absolute atomic E-state index is 12.6. The van der Waals surface area contributed by atoms with Crippen molar-refractivity contribution in [1.29, 1.82) is 0 Å². The summed E-state index contributed by atoms with van der Waals surface area (Å²) in [4.78, 5) is 23.9. The van der Waals surface area contributed by atoms with E-state index in [-0.39, 0.29) is 11.8 Å². The number of hydrogen-bond donors (Lipinski definition) is 1. The lowest BCUT2D eigenvalue weighted by Crippen LogP contribution is -2.40. The first-order chi connectivity index (χ1) is 16.2. The van der Waals surface area contributed by atoms with Crippen molar-refractivity contribution in [2.75, 3.05) is 18.0 Å². The fraction of sp³-hybridized carbons (Fsp3) is 0.250. The summed E-state index contributed by atoms with van der Waals surface area (Å²) in [6.45, 7) is 1.82. The number of halogens is 1. The number of hydrogen-bond acceptors (Lipinski definition) is 7. The minimum Gasteiger partial charge on any atom is -0.467 e. The van der Waals surface area contributed by atoms with Crippen molar-refractivity contribution in [3.05, 3.63) is 71.8 Å². The molecule has 4 aromatic rings. The molecular weight excluding hydrogens is 442 g/mol. The van der Waals surface area contributed by atoms with E-state index in [2.05, 4.69) is 25.3 Å². The molecule has 0 radical (unpaired) electrons. The number of benzene rings is 1. The maximum Gasteiger partial charge on any atom is 0.261 e. The molecule has 1 amide bonds. The summed E-state index contributed by atoms with van der Waals surface area (Å²) in [5.41, 5.74) is 1.54. The molecule has 3 aromatic heterocycles. The van der Waals surface area contributed by atoms with Crippen molar-refractivity contribution in [2.45, 2.75) is 19.4 Å². The molecule has 0 saturated carbocycles. The van der Waals surface area contributed by atoms with Crippen LogP contribution in [-0.4, -0.2) is 34.1 Å². The van der Waals surface area contributed by atoms with E-state index in [1.807, 2.05) is 36.4 Å². The average molecular weight is 464 g/mol. The topological polar surface area (TPSA) is 97.3 Å². The molecule has 1 saturated heterocycles. The Kier molecular flexibility index (Phi) is 6.08. The molecule has 5 rings (SSSR count). The third-order valence-corrected chi connectivity index (χ3v) is 5.94. The summed E-state index contributed by atoms with van der Waals surface area (Å²) in [7, 11) is 0. The highest BCUT2D eigenvalue weighted by molar-refractivity contribution is 6.30. The third kappa shape index (κ3) is 4.75. The lowest BCUT2D eigenvalue weighted by Gasteiger charge is -2.32. The van der Waals surface area contributed by atoms with E-state index in [0.29, 0.717) is 36.4 Å². The molecule has 1 aromatic carbocycles. The van der Waals surface area contributed by atoms with Crippen LogP contribution in [0.3, 0.4) is 0 Å². The van der Waals surface area contributed by atoms with Gasteiger partial charge in [0, 0.05) is 35.8 Å². The molecule has 0 aliphatic carbocycles. The zero-order valence-electron chi connectivity index (χ0n) is 17.8. The highest BCUT2D eigenvalue weighted by Gasteiger charge is 2.28. The van der Waals surface area contributed by atoms with Crippen LogP contribution < -0.4 is 10.2 Å². The summed E-state index contributed by atoms with van der Waals surface area (Å²) in [6, 6.07) is 14.7. The number of anilines is 1. The predicted octanol–water partition coefficient (Wildman–Crippen LogP) is 4.58. The first-order valence-electron chi connectivity index (χ1n) is 10.8.